The van der Waals surface area contributed by atoms with Crippen LogP contribution in [-0.2, 0) is 0 Å². The second kappa shape index (κ2) is 4.55. The van der Waals surface area contributed by atoms with Gasteiger partial charge in [-0.2, -0.15) is 0 Å². The minimum absolute atomic E-state index is 0.134. The summed E-state index contributed by atoms with van der Waals surface area (Å²) in [6.07, 6.45) is 0.637. The van der Waals surface area contributed by atoms with Gasteiger partial charge >= 0.3 is 7.12 Å². The SMILES string of the molecule is CC[C@@H](N)c1ccc(B(O)O)cc1F. The molecule has 0 aliphatic rings. The monoisotopic (exact) mass is 197 g/mol. The maximum Gasteiger partial charge on any atom is 0.488 e. The lowest BCUT2D eigenvalue weighted by molar-refractivity contribution is 0.425. The summed E-state index contributed by atoms with van der Waals surface area (Å²) in [4.78, 5) is 0. The fourth-order valence-corrected chi connectivity index (χ4v) is 1.22. The zero-order valence-corrected chi connectivity index (χ0v) is 7.94. The second-order valence-electron chi connectivity index (χ2n) is 3.17. The molecule has 5 heteroatoms. The van der Waals surface area contributed by atoms with Gasteiger partial charge in [0.05, 0.1) is 0 Å². The van der Waals surface area contributed by atoms with Crippen LogP contribution in [0.15, 0.2) is 18.2 Å². The molecule has 0 radical (unpaired) electrons. The Hall–Kier alpha value is -0.905. The molecule has 76 valence electrons. The van der Waals surface area contributed by atoms with Gasteiger partial charge in [0, 0.05) is 11.6 Å². The van der Waals surface area contributed by atoms with Gasteiger partial charge in [0.1, 0.15) is 5.82 Å². The maximum absolute atomic E-state index is 13.3. The molecule has 0 aliphatic carbocycles. The fraction of sp³-hybridized carbons (Fsp3) is 0.333. The Morgan fingerprint density at radius 1 is 1.50 bits per heavy atom. The summed E-state index contributed by atoms with van der Waals surface area (Å²) in [7, 11) is -1.64. The summed E-state index contributed by atoms with van der Waals surface area (Å²) in [6, 6.07) is 3.69. The number of nitrogens with two attached hydrogens (primary N) is 1. The van der Waals surface area contributed by atoms with Gasteiger partial charge in [0.15, 0.2) is 0 Å². The van der Waals surface area contributed by atoms with E-state index < -0.39 is 12.9 Å². The summed E-state index contributed by atoms with van der Waals surface area (Å²) >= 11 is 0. The van der Waals surface area contributed by atoms with Crippen molar-refractivity contribution >= 4 is 12.6 Å². The normalized spacial score (nSPS) is 12.6. The molecule has 0 aromatic heterocycles. The van der Waals surface area contributed by atoms with Crippen molar-refractivity contribution in [2.24, 2.45) is 5.73 Å². The van der Waals surface area contributed by atoms with Gasteiger partial charge < -0.3 is 15.8 Å². The first kappa shape index (κ1) is 11.2. The molecule has 0 saturated carbocycles. The van der Waals surface area contributed by atoms with Gasteiger partial charge in [0.2, 0.25) is 0 Å². The van der Waals surface area contributed by atoms with E-state index in [0.717, 1.165) is 6.07 Å². The third kappa shape index (κ3) is 2.32. The predicted octanol–water partition coefficient (Wildman–Crippen LogP) is -0.0847. The Morgan fingerprint density at radius 3 is 2.57 bits per heavy atom. The quantitative estimate of drug-likeness (QED) is 0.593. The van der Waals surface area contributed by atoms with Crippen LogP contribution in [0, 0.1) is 5.82 Å². The Morgan fingerprint density at radius 2 is 2.14 bits per heavy atom. The van der Waals surface area contributed by atoms with Crippen LogP contribution < -0.4 is 11.2 Å². The number of hydrogen-bond donors (Lipinski definition) is 3. The lowest BCUT2D eigenvalue weighted by Gasteiger charge is -2.11. The molecule has 4 N–H and O–H groups in total. The first-order chi connectivity index (χ1) is 6.56. The van der Waals surface area contributed by atoms with Crippen molar-refractivity contribution in [3.63, 3.8) is 0 Å². The first-order valence-corrected chi connectivity index (χ1v) is 4.47. The van der Waals surface area contributed by atoms with Crippen LogP contribution >= 0.6 is 0 Å². The van der Waals surface area contributed by atoms with Crippen LogP contribution in [0.5, 0.6) is 0 Å². The van der Waals surface area contributed by atoms with Crippen molar-refractivity contribution in [1.29, 1.82) is 0 Å². The lowest BCUT2D eigenvalue weighted by Crippen LogP contribution is -2.30. The first-order valence-electron chi connectivity index (χ1n) is 4.47. The molecule has 1 rings (SSSR count). The summed E-state index contributed by atoms with van der Waals surface area (Å²) in [5.74, 6) is -0.495. The molecule has 0 aliphatic heterocycles. The Balaban J connectivity index is 3.01. The van der Waals surface area contributed by atoms with E-state index in [2.05, 4.69) is 0 Å². The van der Waals surface area contributed by atoms with Crippen LogP contribution in [0.4, 0.5) is 4.39 Å². The average molecular weight is 197 g/mol. The van der Waals surface area contributed by atoms with Crippen molar-refractivity contribution in [1.82, 2.24) is 0 Å². The van der Waals surface area contributed by atoms with Crippen molar-refractivity contribution < 1.29 is 14.4 Å². The summed E-state index contributed by atoms with van der Waals surface area (Å²) < 4.78 is 13.3. The maximum atomic E-state index is 13.3. The van der Waals surface area contributed by atoms with Gasteiger partial charge in [-0.15, -0.1) is 0 Å². The molecule has 0 bridgehead atoms. The topological polar surface area (TPSA) is 66.5 Å². The molecule has 0 heterocycles. The molecule has 1 atom stereocenters. The molecule has 0 spiro atoms. The van der Waals surface area contributed by atoms with Gasteiger partial charge in [0.25, 0.3) is 0 Å². The van der Waals surface area contributed by atoms with Crippen molar-refractivity contribution in [3.05, 3.63) is 29.6 Å². The van der Waals surface area contributed by atoms with E-state index >= 15 is 0 Å². The van der Waals surface area contributed by atoms with Crippen LogP contribution in [0.25, 0.3) is 0 Å². The molecule has 0 amide bonds. The highest BCUT2D eigenvalue weighted by Crippen LogP contribution is 2.16. The van der Waals surface area contributed by atoms with Crippen LogP contribution in [0.2, 0.25) is 0 Å². The lowest BCUT2D eigenvalue weighted by atomic mass is 9.79. The van der Waals surface area contributed by atoms with Crippen molar-refractivity contribution in [2.75, 3.05) is 0 Å². The van der Waals surface area contributed by atoms with Gasteiger partial charge in [-0.1, -0.05) is 19.1 Å². The zero-order chi connectivity index (χ0) is 10.7. The van der Waals surface area contributed by atoms with Gasteiger partial charge in [-0.25, -0.2) is 4.39 Å². The van der Waals surface area contributed by atoms with E-state index in [1.54, 1.807) is 0 Å². The minimum Gasteiger partial charge on any atom is -0.423 e. The van der Waals surface area contributed by atoms with E-state index in [4.69, 9.17) is 15.8 Å². The molecular weight excluding hydrogens is 184 g/mol. The zero-order valence-electron chi connectivity index (χ0n) is 7.94. The highest BCUT2D eigenvalue weighted by molar-refractivity contribution is 6.58. The number of benzene rings is 1. The Labute approximate surface area is 82.5 Å². The van der Waals surface area contributed by atoms with E-state index in [0.29, 0.717) is 12.0 Å². The molecule has 0 saturated heterocycles. The van der Waals surface area contributed by atoms with Crippen molar-refractivity contribution in [2.45, 2.75) is 19.4 Å². The molecule has 1 aromatic carbocycles. The Kier molecular flexibility index (Phi) is 3.63. The van der Waals surface area contributed by atoms with Gasteiger partial charge in [-0.05, 0) is 17.9 Å². The third-order valence-electron chi connectivity index (χ3n) is 2.16. The predicted molar refractivity (Wildman–Crippen MR) is 53.4 cm³/mol. The van der Waals surface area contributed by atoms with Crippen molar-refractivity contribution in [3.8, 4) is 0 Å². The van der Waals surface area contributed by atoms with E-state index in [1.807, 2.05) is 6.92 Å². The van der Waals surface area contributed by atoms with E-state index in [-0.39, 0.29) is 11.5 Å². The highest BCUT2D eigenvalue weighted by Gasteiger charge is 2.15. The highest BCUT2D eigenvalue weighted by atomic mass is 19.1. The van der Waals surface area contributed by atoms with E-state index in [9.17, 15) is 4.39 Å². The largest absolute Gasteiger partial charge is 0.488 e. The number of halogens is 1. The summed E-state index contributed by atoms with van der Waals surface area (Å²) in [5.41, 5.74) is 6.19. The second-order valence-corrected chi connectivity index (χ2v) is 3.17. The molecule has 1 aromatic rings. The van der Waals surface area contributed by atoms with Crippen LogP contribution in [0.1, 0.15) is 24.9 Å². The fourth-order valence-electron chi connectivity index (χ4n) is 1.22. The smallest absolute Gasteiger partial charge is 0.423 e. The molecule has 14 heavy (non-hydrogen) atoms. The summed E-state index contributed by atoms with van der Waals surface area (Å²) in [5, 5.41) is 17.6. The molecule has 0 fully saturated rings. The van der Waals surface area contributed by atoms with Gasteiger partial charge in [-0.3, -0.25) is 0 Å². The van der Waals surface area contributed by atoms with E-state index in [1.165, 1.54) is 12.1 Å². The average Bonchev–Trinajstić information content (AvgIpc) is 2.16. The minimum atomic E-state index is -1.64. The van der Waals surface area contributed by atoms with Crippen LogP contribution in [0.3, 0.4) is 0 Å². The number of rotatable bonds is 3. The number of hydrogen-bond acceptors (Lipinski definition) is 3. The molecule has 0 unspecified atom stereocenters. The summed E-state index contributed by atoms with van der Waals surface area (Å²) in [6.45, 7) is 1.86. The third-order valence-corrected chi connectivity index (χ3v) is 2.16. The molecule has 3 nitrogen and oxygen atoms in total. The molecular formula is C9H13BFNO2. The van der Waals surface area contributed by atoms with Crippen LogP contribution in [-0.4, -0.2) is 17.2 Å². The Bertz CT molecular complexity index is 320. The standard InChI is InChI=1S/C9H13BFNO2/c1-2-9(12)7-4-3-6(10(13)14)5-8(7)11/h3-5,9,13-14H,2,12H2,1H3/t9-/m1/s1.